The minimum atomic E-state index is -0.968. The van der Waals surface area contributed by atoms with Gasteiger partial charge in [-0.2, -0.15) is 0 Å². The molecule has 19 heavy (non-hydrogen) atoms. The van der Waals surface area contributed by atoms with Crippen LogP contribution in [0.15, 0.2) is 36.4 Å². The summed E-state index contributed by atoms with van der Waals surface area (Å²) in [6.07, 6.45) is 0. The molecule has 3 aromatic rings. The first-order valence-corrected chi connectivity index (χ1v) is 5.77. The van der Waals surface area contributed by atoms with Gasteiger partial charge >= 0.3 is 5.97 Å². The maximum Gasteiger partial charge on any atom is 0.352 e. The van der Waals surface area contributed by atoms with E-state index in [-0.39, 0.29) is 5.69 Å². The van der Waals surface area contributed by atoms with E-state index in [0.29, 0.717) is 0 Å². The van der Waals surface area contributed by atoms with Gasteiger partial charge in [-0.25, -0.2) is 4.79 Å². The molecule has 0 saturated heterocycles. The molecule has 0 unspecified atom stereocenters. The lowest BCUT2D eigenvalue weighted by atomic mass is 10.2. The number of carboxylic acid groups (broad SMARTS) is 1. The number of fused-ring (bicyclic) bond motifs is 1. The number of ether oxygens (including phenoxy) is 1. The fourth-order valence-corrected chi connectivity index (χ4v) is 2.06. The first-order chi connectivity index (χ1) is 9.17. The van der Waals surface area contributed by atoms with Gasteiger partial charge < -0.3 is 19.8 Å². The lowest BCUT2D eigenvalue weighted by Gasteiger charge is -1.97. The summed E-state index contributed by atoms with van der Waals surface area (Å²) >= 11 is 0. The highest BCUT2D eigenvalue weighted by atomic mass is 16.5. The molecule has 0 aliphatic rings. The molecular weight excluding hydrogens is 244 g/mol. The number of aromatic carboxylic acids is 1. The van der Waals surface area contributed by atoms with Crippen LogP contribution < -0.4 is 4.74 Å². The van der Waals surface area contributed by atoms with Gasteiger partial charge in [-0.05, 0) is 36.4 Å². The molecule has 0 fully saturated rings. The third kappa shape index (κ3) is 1.95. The van der Waals surface area contributed by atoms with Crippen molar-refractivity contribution in [3.8, 4) is 17.1 Å². The third-order valence-corrected chi connectivity index (χ3v) is 3.03. The van der Waals surface area contributed by atoms with Crippen LogP contribution in [-0.2, 0) is 0 Å². The maximum absolute atomic E-state index is 10.8. The lowest BCUT2D eigenvalue weighted by molar-refractivity contribution is 0.0691. The topological polar surface area (TPSA) is 78.1 Å². The third-order valence-electron chi connectivity index (χ3n) is 3.03. The molecule has 0 amide bonds. The van der Waals surface area contributed by atoms with E-state index in [1.165, 1.54) is 0 Å². The summed E-state index contributed by atoms with van der Waals surface area (Å²) in [5.41, 5.74) is 2.73. The highest BCUT2D eigenvalue weighted by Crippen LogP contribution is 2.26. The summed E-state index contributed by atoms with van der Waals surface area (Å²) < 4.78 is 5.17. The van der Waals surface area contributed by atoms with Crippen molar-refractivity contribution in [2.24, 2.45) is 0 Å². The van der Waals surface area contributed by atoms with Crippen LogP contribution in [0.25, 0.3) is 22.3 Å². The van der Waals surface area contributed by atoms with Crippen LogP contribution >= 0.6 is 0 Å². The van der Waals surface area contributed by atoms with E-state index in [1.54, 1.807) is 19.2 Å². The Hall–Kier alpha value is -2.69. The minimum Gasteiger partial charge on any atom is -0.497 e. The molecule has 96 valence electrons. The van der Waals surface area contributed by atoms with Crippen molar-refractivity contribution in [1.29, 1.82) is 0 Å². The van der Waals surface area contributed by atoms with Gasteiger partial charge in [-0.3, -0.25) is 0 Å². The fraction of sp³-hybridized carbons (Fsp3) is 0.0714. The predicted molar refractivity (Wildman–Crippen MR) is 71.6 cm³/mol. The Morgan fingerprint density at radius 2 is 1.95 bits per heavy atom. The van der Waals surface area contributed by atoms with Gasteiger partial charge in [0.25, 0.3) is 0 Å². The molecule has 1 aromatic carbocycles. The number of carbonyl (C=O) groups is 1. The number of carboxylic acids is 1. The van der Waals surface area contributed by atoms with Crippen LogP contribution in [0.4, 0.5) is 0 Å². The van der Waals surface area contributed by atoms with Crippen LogP contribution in [0, 0.1) is 0 Å². The van der Waals surface area contributed by atoms with Crippen molar-refractivity contribution in [2.45, 2.75) is 0 Å². The quantitative estimate of drug-likeness (QED) is 0.674. The van der Waals surface area contributed by atoms with E-state index in [4.69, 9.17) is 9.84 Å². The van der Waals surface area contributed by atoms with Gasteiger partial charge in [0.15, 0.2) is 0 Å². The maximum atomic E-state index is 10.8. The van der Waals surface area contributed by atoms with Gasteiger partial charge in [-0.15, -0.1) is 0 Å². The van der Waals surface area contributed by atoms with Crippen molar-refractivity contribution >= 4 is 16.9 Å². The molecule has 0 spiro atoms. The minimum absolute atomic E-state index is 0.172. The number of H-pyrrole nitrogens is 2. The van der Waals surface area contributed by atoms with Crippen molar-refractivity contribution < 1.29 is 14.6 Å². The zero-order chi connectivity index (χ0) is 13.4. The SMILES string of the molecule is COc1ccc2[nH]c(-c3ccc(C(=O)O)[nH]3)cc2c1. The molecule has 0 saturated carbocycles. The van der Waals surface area contributed by atoms with Crippen molar-refractivity contribution in [3.05, 3.63) is 42.1 Å². The second-order valence-corrected chi connectivity index (χ2v) is 4.23. The van der Waals surface area contributed by atoms with Crippen LogP contribution in [0.3, 0.4) is 0 Å². The molecule has 5 heteroatoms. The normalized spacial score (nSPS) is 10.8. The number of aromatic amines is 2. The summed E-state index contributed by atoms with van der Waals surface area (Å²) in [6.45, 7) is 0. The average molecular weight is 256 g/mol. The van der Waals surface area contributed by atoms with Crippen LogP contribution in [-0.4, -0.2) is 28.2 Å². The second kappa shape index (κ2) is 4.20. The highest BCUT2D eigenvalue weighted by Gasteiger charge is 2.09. The molecule has 3 rings (SSSR count). The number of aromatic nitrogens is 2. The molecule has 0 radical (unpaired) electrons. The number of nitrogens with one attached hydrogen (secondary N) is 2. The van der Waals surface area contributed by atoms with E-state index >= 15 is 0 Å². The lowest BCUT2D eigenvalue weighted by Crippen LogP contribution is -1.95. The number of benzene rings is 1. The van der Waals surface area contributed by atoms with Gasteiger partial charge in [0.05, 0.1) is 18.5 Å². The molecular formula is C14H12N2O3. The molecule has 0 aliphatic carbocycles. The largest absolute Gasteiger partial charge is 0.497 e. The number of hydrogen-bond acceptors (Lipinski definition) is 2. The first-order valence-electron chi connectivity index (χ1n) is 5.77. The Morgan fingerprint density at radius 3 is 2.63 bits per heavy atom. The van der Waals surface area contributed by atoms with Gasteiger partial charge in [0.2, 0.25) is 0 Å². The molecule has 0 bridgehead atoms. The zero-order valence-electron chi connectivity index (χ0n) is 10.2. The summed E-state index contributed by atoms with van der Waals surface area (Å²) in [5.74, 6) is -0.181. The van der Waals surface area contributed by atoms with Gasteiger partial charge in [-0.1, -0.05) is 0 Å². The van der Waals surface area contributed by atoms with E-state index in [0.717, 1.165) is 28.0 Å². The van der Waals surface area contributed by atoms with Gasteiger partial charge in [0.1, 0.15) is 11.4 Å². The van der Waals surface area contributed by atoms with Crippen molar-refractivity contribution in [1.82, 2.24) is 9.97 Å². The first kappa shape index (κ1) is 11.4. The highest BCUT2D eigenvalue weighted by molar-refractivity contribution is 5.89. The van der Waals surface area contributed by atoms with Gasteiger partial charge in [0, 0.05) is 10.9 Å². The van der Waals surface area contributed by atoms with Crippen LogP contribution in [0.1, 0.15) is 10.5 Å². The Morgan fingerprint density at radius 1 is 1.11 bits per heavy atom. The average Bonchev–Trinajstić information content (AvgIpc) is 3.04. The number of methoxy groups -OCH3 is 1. The number of rotatable bonds is 3. The fourth-order valence-electron chi connectivity index (χ4n) is 2.06. The Kier molecular flexibility index (Phi) is 2.52. The Labute approximate surface area is 108 Å². The monoisotopic (exact) mass is 256 g/mol. The van der Waals surface area contributed by atoms with E-state index in [9.17, 15) is 4.79 Å². The van der Waals surface area contributed by atoms with E-state index < -0.39 is 5.97 Å². The molecule has 3 N–H and O–H groups in total. The van der Waals surface area contributed by atoms with E-state index in [1.807, 2.05) is 24.3 Å². The zero-order valence-corrected chi connectivity index (χ0v) is 10.2. The van der Waals surface area contributed by atoms with Crippen molar-refractivity contribution in [2.75, 3.05) is 7.11 Å². The Bertz CT molecular complexity index is 755. The smallest absolute Gasteiger partial charge is 0.352 e. The molecule has 2 aromatic heterocycles. The standard InChI is InChI=1S/C14H12N2O3/c1-19-9-2-3-10-8(6-9)7-13(15-10)11-4-5-12(16-11)14(17)18/h2-7,15-16H,1H3,(H,17,18). The Balaban J connectivity index is 2.06. The van der Waals surface area contributed by atoms with E-state index in [2.05, 4.69) is 9.97 Å². The summed E-state index contributed by atoms with van der Waals surface area (Å²) in [4.78, 5) is 16.9. The predicted octanol–water partition coefficient (Wildman–Crippen LogP) is 2.87. The number of hydrogen-bond donors (Lipinski definition) is 3. The summed E-state index contributed by atoms with van der Waals surface area (Å²) in [6, 6.07) is 11.0. The second-order valence-electron chi connectivity index (χ2n) is 4.23. The molecule has 5 nitrogen and oxygen atoms in total. The molecule has 0 aliphatic heterocycles. The molecule has 0 atom stereocenters. The summed E-state index contributed by atoms with van der Waals surface area (Å²) in [5, 5.41) is 9.91. The van der Waals surface area contributed by atoms with Crippen LogP contribution in [0.5, 0.6) is 5.75 Å². The summed E-state index contributed by atoms with van der Waals surface area (Å²) in [7, 11) is 1.62. The molecule has 2 heterocycles. The van der Waals surface area contributed by atoms with Crippen molar-refractivity contribution in [3.63, 3.8) is 0 Å². The van der Waals surface area contributed by atoms with Crippen LogP contribution in [0.2, 0.25) is 0 Å².